The van der Waals surface area contributed by atoms with Gasteiger partial charge in [0, 0.05) is 25.2 Å². The molecular weight excluding hydrogens is 624 g/mol. The lowest BCUT2D eigenvalue weighted by Crippen LogP contribution is -2.24. The topological polar surface area (TPSA) is 78.9 Å². The maximum absolute atomic E-state index is 12.9. The van der Waals surface area contributed by atoms with Crippen LogP contribution in [0, 0.1) is 11.3 Å². The van der Waals surface area contributed by atoms with Gasteiger partial charge in [-0.15, -0.1) is 0 Å². The Morgan fingerprint density at radius 3 is 1.50 bits per heavy atom. The molecule has 0 aromatic rings. The van der Waals surface area contributed by atoms with Gasteiger partial charge in [-0.25, -0.2) is 0 Å². The summed E-state index contributed by atoms with van der Waals surface area (Å²) < 4.78 is 17.1. The minimum Gasteiger partial charge on any atom is -0.465 e. The molecule has 0 aliphatic rings. The van der Waals surface area contributed by atoms with E-state index in [0.29, 0.717) is 25.7 Å². The molecule has 0 aromatic heterocycles. The predicted molar refractivity (Wildman–Crippen MR) is 210 cm³/mol. The Hall–Kier alpha value is -2.11. The van der Waals surface area contributed by atoms with Crippen LogP contribution in [0.25, 0.3) is 0 Å². The fraction of sp³-hybridized carbons (Fsp3) is 0.841. The van der Waals surface area contributed by atoms with Crippen LogP contribution in [0.5, 0.6) is 0 Å². The molecule has 0 spiro atoms. The first kappa shape index (κ1) is 47.9. The Kier molecular flexibility index (Phi) is 32.6. The van der Waals surface area contributed by atoms with Crippen LogP contribution in [0.2, 0.25) is 0 Å². The predicted octanol–water partition coefficient (Wildman–Crippen LogP) is 13.0. The van der Waals surface area contributed by atoms with Gasteiger partial charge in [0.15, 0.2) is 0 Å². The minimum atomic E-state index is -0.189. The molecular formula is C44H80O6. The summed E-state index contributed by atoms with van der Waals surface area (Å²) in [7, 11) is 0. The molecule has 1 atom stereocenters. The minimum absolute atomic E-state index is 0.0414. The van der Waals surface area contributed by atoms with Crippen LogP contribution in [0.15, 0.2) is 24.3 Å². The Bertz CT molecular complexity index is 844. The number of ether oxygens (including phenoxy) is 3. The van der Waals surface area contributed by atoms with Gasteiger partial charge in [0.1, 0.15) is 6.10 Å². The highest BCUT2D eigenvalue weighted by Crippen LogP contribution is 2.26. The van der Waals surface area contributed by atoms with E-state index in [1.807, 2.05) is 0 Å². The molecule has 0 aliphatic heterocycles. The van der Waals surface area contributed by atoms with Gasteiger partial charge < -0.3 is 14.2 Å². The number of carbonyl (C=O) groups excluding carboxylic acids is 3. The van der Waals surface area contributed by atoms with Crippen molar-refractivity contribution in [2.24, 2.45) is 11.3 Å². The van der Waals surface area contributed by atoms with Gasteiger partial charge in [-0.3, -0.25) is 14.4 Å². The third kappa shape index (κ3) is 34.3. The summed E-state index contributed by atoms with van der Waals surface area (Å²) in [5.41, 5.74) is 0.0957. The second-order valence-corrected chi connectivity index (χ2v) is 15.6. The maximum atomic E-state index is 12.9. The summed E-state index contributed by atoms with van der Waals surface area (Å²) in [4.78, 5) is 37.2. The molecule has 0 fully saturated rings. The van der Waals surface area contributed by atoms with Crippen LogP contribution in [0.4, 0.5) is 0 Å². The van der Waals surface area contributed by atoms with Crippen molar-refractivity contribution >= 4 is 17.9 Å². The lowest BCUT2D eigenvalue weighted by molar-refractivity contribution is -0.151. The van der Waals surface area contributed by atoms with Crippen LogP contribution >= 0.6 is 0 Å². The third-order valence-corrected chi connectivity index (χ3v) is 9.04. The first-order valence-electron chi connectivity index (χ1n) is 20.9. The van der Waals surface area contributed by atoms with Gasteiger partial charge in [0.25, 0.3) is 0 Å². The van der Waals surface area contributed by atoms with Crippen LogP contribution in [-0.2, 0) is 28.6 Å². The Balaban J connectivity index is 4.45. The second-order valence-electron chi connectivity index (χ2n) is 15.6. The van der Waals surface area contributed by atoms with Gasteiger partial charge in [0.05, 0.1) is 13.2 Å². The van der Waals surface area contributed by atoms with Crippen molar-refractivity contribution in [3.05, 3.63) is 24.3 Å². The quantitative estimate of drug-likeness (QED) is 0.0287. The number of esters is 3. The molecule has 0 heterocycles. The number of allylic oxidation sites excluding steroid dienone is 4. The number of hydrogen-bond donors (Lipinski definition) is 0. The molecule has 0 N–H and O–H groups in total. The Morgan fingerprint density at radius 2 is 0.960 bits per heavy atom. The van der Waals surface area contributed by atoms with Crippen molar-refractivity contribution in [2.45, 2.75) is 215 Å². The van der Waals surface area contributed by atoms with Crippen molar-refractivity contribution in [3.8, 4) is 0 Å². The van der Waals surface area contributed by atoms with Crippen molar-refractivity contribution in [2.75, 3.05) is 13.2 Å². The molecule has 1 unspecified atom stereocenters. The highest BCUT2D eigenvalue weighted by Gasteiger charge is 2.22. The number of rotatable bonds is 34. The summed E-state index contributed by atoms with van der Waals surface area (Å²) in [6.45, 7) is 13.6. The zero-order valence-corrected chi connectivity index (χ0v) is 33.7. The van der Waals surface area contributed by atoms with E-state index in [-0.39, 0.29) is 48.6 Å². The average Bonchev–Trinajstić information content (AvgIpc) is 3.06. The summed E-state index contributed by atoms with van der Waals surface area (Å²) in [6.07, 6.45) is 35.0. The van der Waals surface area contributed by atoms with E-state index in [1.165, 1.54) is 64.2 Å². The van der Waals surface area contributed by atoms with Crippen molar-refractivity contribution in [1.82, 2.24) is 0 Å². The number of hydrogen-bond acceptors (Lipinski definition) is 6. The highest BCUT2D eigenvalue weighted by molar-refractivity contribution is 5.70. The summed E-state index contributed by atoms with van der Waals surface area (Å²) in [5, 5.41) is 0. The smallest absolute Gasteiger partial charge is 0.306 e. The molecule has 292 valence electrons. The van der Waals surface area contributed by atoms with Crippen molar-refractivity contribution in [3.63, 3.8) is 0 Å². The van der Waals surface area contributed by atoms with E-state index in [9.17, 15) is 14.4 Å². The van der Waals surface area contributed by atoms with Crippen molar-refractivity contribution < 1.29 is 28.6 Å². The monoisotopic (exact) mass is 705 g/mol. The lowest BCUT2D eigenvalue weighted by atomic mass is 9.87. The first-order chi connectivity index (χ1) is 24.1. The van der Waals surface area contributed by atoms with E-state index in [0.717, 1.165) is 77.0 Å². The standard InChI is InChI=1S/C44H80O6/c1-7-10-13-14-15-16-17-18-19-20-21-22-23-24-25-28-32-40(36-44(4,5)6)50-43(47)35-30-29-31-39(37-48-41(45)33-26-11-8-2)38-49-42(46)34-27-12-9-3/h15-16,18-19,39-40H,7-14,17,20-38H2,1-6H3/b16-15-,19-18-. The highest BCUT2D eigenvalue weighted by atomic mass is 16.5. The summed E-state index contributed by atoms with van der Waals surface area (Å²) in [6, 6.07) is 0. The lowest BCUT2D eigenvalue weighted by Gasteiger charge is -2.26. The van der Waals surface area contributed by atoms with Gasteiger partial charge in [-0.2, -0.15) is 0 Å². The van der Waals surface area contributed by atoms with Gasteiger partial charge in [0.2, 0.25) is 0 Å². The van der Waals surface area contributed by atoms with Crippen molar-refractivity contribution in [1.29, 1.82) is 0 Å². The van der Waals surface area contributed by atoms with Crippen LogP contribution in [0.3, 0.4) is 0 Å². The van der Waals surface area contributed by atoms with E-state index in [4.69, 9.17) is 14.2 Å². The van der Waals surface area contributed by atoms with Crippen LogP contribution in [-0.4, -0.2) is 37.2 Å². The molecule has 0 aromatic carbocycles. The molecule has 0 saturated heterocycles. The number of unbranched alkanes of at least 4 members (excludes halogenated alkanes) is 14. The van der Waals surface area contributed by atoms with E-state index in [1.54, 1.807) is 0 Å². The maximum Gasteiger partial charge on any atom is 0.306 e. The third-order valence-electron chi connectivity index (χ3n) is 9.04. The molecule has 0 aliphatic carbocycles. The number of carbonyl (C=O) groups is 3. The van der Waals surface area contributed by atoms with E-state index >= 15 is 0 Å². The fourth-order valence-corrected chi connectivity index (χ4v) is 6.01. The largest absolute Gasteiger partial charge is 0.465 e. The zero-order chi connectivity index (χ0) is 37.1. The molecule has 0 amide bonds. The van der Waals surface area contributed by atoms with Crippen LogP contribution in [0.1, 0.15) is 208 Å². The summed E-state index contributed by atoms with van der Waals surface area (Å²) in [5.74, 6) is -0.564. The van der Waals surface area contributed by atoms with Crippen LogP contribution < -0.4 is 0 Å². The molecule has 6 nitrogen and oxygen atoms in total. The Morgan fingerprint density at radius 1 is 0.520 bits per heavy atom. The average molecular weight is 705 g/mol. The SMILES string of the molecule is CCCCC/C=C\C/C=C\CCCCCCCCC(CC(C)(C)C)OC(=O)CCCCC(COC(=O)CCCCC)COC(=O)CCCCC. The first-order valence-corrected chi connectivity index (χ1v) is 20.9. The molecule has 6 heteroatoms. The second kappa shape index (κ2) is 34.0. The summed E-state index contributed by atoms with van der Waals surface area (Å²) >= 11 is 0. The Labute approximate surface area is 309 Å². The molecule has 0 saturated carbocycles. The molecule has 0 rings (SSSR count). The normalized spacial score (nSPS) is 12.6. The zero-order valence-electron chi connectivity index (χ0n) is 33.7. The van der Waals surface area contributed by atoms with Gasteiger partial charge in [-0.1, -0.05) is 136 Å². The fourth-order valence-electron chi connectivity index (χ4n) is 6.01. The van der Waals surface area contributed by atoms with Gasteiger partial charge in [-0.05, 0) is 82.5 Å². The van der Waals surface area contributed by atoms with E-state index in [2.05, 4.69) is 65.8 Å². The molecule has 0 radical (unpaired) electrons. The molecule has 0 bridgehead atoms. The van der Waals surface area contributed by atoms with E-state index < -0.39 is 0 Å². The van der Waals surface area contributed by atoms with Gasteiger partial charge >= 0.3 is 17.9 Å². The molecule has 50 heavy (non-hydrogen) atoms.